The van der Waals surface area contributed by atoms with E-state index < -0.39 is 0 Å². The van der Waals surface area contributed by atoms with Gasteiger partial charge in [0.25, 0.3) is 0 Å². The van der Waals surface area contributed by atoms with Crippen LogP contribution in [0.2, 0.25) is 0 Å². The zero-order chi connectivity index (χ0) is 19.9. The van der Waals surface area contributed by atoms with Crippen LogP contribution >= 0.6 is 0 Å². The number of likely N-dealkylation sites (tertiary alicyclic amines) is 1. The second-order valence-electron chi connectivity index (χ2n) is 8.09. The van der Waals surface area contributed by atoms with Gasteiger partial charge in [0.1, 0.15) is 0 Å². The number of benzene rings is 3. The van der Waals surface area contributed by atoms with Crippen LogP contribution in [0.5, 0.6) is 0 Å². The van der Waals surface area contributed by atoms with Gasteiger partial charge in [-0.05, 0) is 41.9 Å². The number of hydrogen-bond donors (Lipinski definition) is 0. The van der Waals surface area contributed by atoms with Crippen LogP contribution in [0.25, 0.3) is 0 Å². The van der Waals surface area contributed by atoms with E-state index in [1.54, 1.807) is 0 Å². The average Bonchev–Trinajstić information content (AvgIpc) is 2.80. The summed E-state index contributed by atoms with van der Waals surface area (Å²) in [5.74, 6) is 1.08. The van der Waals surface area contributed by atoms with Crippen molar-refractivity contribution in [2.45, 2.75) is 31.6 Å². The summed E-state index contributed by atoms with van der Waals surface area (Å²) in [6, 6.07) is 31.6. The molecule has 0 bridgehead atoms. The van der Waals surface area contributed by atoms with Crippen LogP contribution in [0.15, 0.2) is 91.0 Å². The molecule has 2 nitrogen and oxygen atoms in total. The number of hydrogen-bond acceptors (Lipinski definition) is 1. The predicted molar refractivity (Wildman–Crippen MR) is 119 cm³/mol. The molecular weight excluding hydrogens is 354 g/mol. The minimum absolute atomic E-state index is 0.118. The number of carbonyl (C=O) groups is 1. The first-order valence-electron chi connectivity index (χ1n) is 10.7. The smallest absolute Gasteiger partial charge is 0.223 e. The van der Waals surface area contributed by atoms with E-state index in [9.17, 15) is 4.79 Å². The largest absolute Gasteiger partial charge is 0.343 e. The fourth-order valence-electron chi connectivity index (χ4n) is 4.44. The highest BCUT2D eigenvalue weighted by Crippen LogP contribution is 2.30. The van der Waals surface area contributed by atoms with E-state index in [2.05, 4.69) is 83.8 Å². The Hall–Kier alpha value is -2.87. The van der Waals surface area contributed by atoms with Crippen molar-refractivity contribution < 1.29 is 4.79 Å². The summed E-state index contributed by atoms with van der Waals surface area (Å²) in [5.41, 5.74) is 3.84. The molecule has 0 saturated carbocycles. The zero-order valence-electron chi connectivity index (χ0n) is 16.9. The molecule has 1 fully saturated rings. The fourth-order valence-corrected chi connectivity index (χ4v) is 4.44. The van der Waals surface area contributed by atoms with E-state index in [-0.39, 0.29) is 11.8 Å². The quantitative estimate of drug-likeness (QED) is 0.535. The van der Waals surface area contributed by atoms with Gasteiger partial charge in [-0.3, -0.25) is 4.79 Å². The molecular formula is C27H29NO. The lowest BCUT2D eigenvalue weighted by Crippen LogP contribution is -2.39. The first-order valence-corrected chi connectivity index (χ1v) is 10.7. The maximum Gasteiger partial charge on any atom is 0.223 e. The maximum absolute atomic E-state index is 13.1. The molecule has 1 amide bonds. The van der Waals surface area contributed by atoms with Gasteiger partial charge in [0.05, 0.1) is 0 Å². The van der Waals surface area contributed by atoms with Crippen LogP contribution in [0.1, 0.15) is 41.9 Å². The molecule has 3 aromatic rings. The number of rotatable bonds is 6. The molecule has 0 aromatic heterocycles. The van der Waals surface area contributed by atoms with Gasteiger partial charge in [-0.15, -0.1) is 0 Å². The standard InChI is InChI=1S/C27H29NO/c29-27(28-18-16-23(17-19-28)20-22-10-4-1-5-11-22)21-26(24-12-6-2-7-13-24)25-14-8-3-9-15-25/h1-15,23,26H,16-21H2. The third-order valence-corrected chi connectivity index (χ3v) is 6.12. The lowest BCUT2D eigenvalue weighted by molar-refractivity contribution is -0.132. The summed E-state index contributed by atoms with van der Waals surface area (Å²) in [6.45, 7) is 1.76. The molecule has 0 atom stereocenters. The molecule has 4 rings (SSSR count). The third kappa shape index (κ3) is 5.14. The molecule has 2 heteroatoms. The summed E-state index contributed by atoms with van der Waals surface area (Å²) in [7, 11) is 0. The fraction of sp³-hybridized carbons (Fsp3) is 0.296. The van der Waals surface area contributed by atoms with Crippen molar-refractivity contribution in [1.82, 2.24) is 4.90 Å². The minimum Gasteiger partial charge on any atom is -0.343 e. The van der Waals surface area contributed by atoms with Gasteiger partial charge in [-0.2, -0.15) is 0 Å². The summed E-state index contributed by atoms with van der Waals surface area (Å²) in [4.78, 5) is 15.2. The van der Waals surface area contributed by atoms with Gasteiger partial charge in [0, 0.05) is 25.4 Å². The first kappa shape index (κ1) is 19.4. The molecule has 1 aliphatic rings. The monoisotopic (exact) mass is 383 g/mol. The van der Waals surface area contributed by atoms with Gasteiger partial charge in [0.15, 0.2) is 0 Å². The molecule has 0 N–H and O–H groups in total. The van der Waals surface area contributed by atoms with E-state index in [1.807, 2.05) is 12.1 Å². The Kier molecular flexibility index (Phi) is 6.41. The Bertz CT molecular complexity index is 844. The van der Waals surface area contributed by atoms with Crippen LogP contribution in [-0.4, -0.2) is 23.9 Å². The lowest BCUT2D eigenvalue weighted by atomic mass is 9.87. The predicted octanol–water partition coefficient (Wildman–Crippen LogP) is 5.69. The van der Waals surface area contributed by atoms with Crippen LogP contribution in [0.3, 0.4) is 0 Å². The zero-order valence-corrected chi connectivity index (χ0v) is 16.9. The Balaban J connectivity index is 1.39. The van der Waals surface area contributed by atoms with Crippen LogP contribution < -0.4 is 0 Å². The molecule has 1 heterocycles. The second-order valence-corrected chi connectivity index (χ2v) is 8.09. The van der Waals surface area contributed by atoms with Gasteiger partial charge in [-0.25, -0.2) is 0 Å². The summed E-state index contributed by atoms with van der Waals surface area (Å²) in [6.07, 6.45) is 3.86. The van der Waals surface area contributed by atoms with Crippen molar-refractivity contribution in [3.8, 4) is 0 Å². The second kappa shape index (κ2) is 9.56. The van der Waals surface area contributed by atoms with Crippen molar-refractivity contribution in [3.63, 3.8) is 0 Å². The Morgan fingerprint density at radius 3 is 1.76 bits per heavy atom. The van der Waals surface area contributed by atoms with E-state index in [0.29, 0.717) is 12.3 Å². The highest BCUT2D eigenvalue weighted by atomic mass is 16.2. The molecule has 0 unspecified atom stereocenters. The normalized spacial score (nSPS) is 14.9. The van der Waals surface area contributed by atoms with Crippen LogP contribution in [-0.2, 0) is 11.2 Å². The molecule has 29 heavy (non-hydrogen) atoms. The molecule has 1 aliphatic heterocycles. The number of amides is 1. The topological polar surface area (TPSA) is 20.3 Å². The molecule has 0 aliphatic carbocycles. The third-order valence-electron chi connectivity index (χ3n) is 6.12. The Morgan fingerprint density at radius 2 is 1.24 bits per heavy atom. The highest BCUT2D eigenvalue weighted by molar-refractivity contribution is 5.78. The van der Waals surface area contributed by atoms with Crippen LogP contribution in [0.4, 0.5) is 0 Å². The van der Waals surface area contributed by atoms with Gasteiger partial charge < -0.3 is 4.90 Å². The number of nitrogens with zero attached hydrogens (tertiary/aromatic N) is 1. The summed E-state index contributed by atoms with van der Waals surface area (Å²) >= 11 is 0. The summed E-state index contributed by atoms with van der Waals surface area (Å²) in [5, 5.41) is 0. The number of piperidine rings is 1. The lowest BCUT2D eigenvalue weighted by Gasteiger charge is -2.33. The maximum atomic E-state index is 13.1. The van der Waals surface area contributed by atoms with Crippen molar-refractivity contribution in [1.29, 1.82) is 0 Å². The minimum atomic E-state index is 0.118. The van der Waals surface area contributed by atoms with E-state index in [4.69, 9.17) is 0 Å². The van der Waals surface area contributed by atoms with Crippen molar-refractivity contribution in [3.05, 3.63) is 108 Å². The average molecular weight is 384 g/mol. The summed E-state index contributed by atoms with van der Waals surface area (Å²) < 4.78 is 0. The van der Waals surface area contributed by atoms with Crippen molar-refractivity contribution >= 4 is 5.91 Å². The van der Waals surface area contributed by atoms with Crippen LogP contribution in [0, 0.1) is 5.92 Å². The Labute approximate surface area is 174 Å². The van der Waals surface area contributed by atoms with Gasteiger partial charge >= 0.3 is 0 Å². The van der Waals surface area contributed by atoms with E-state index >= 15 is 0 Å². The van der Waals surface area contributed by atoms with Gasteiger partial charge in [-0.1, -0.05) is 91.0 Å². The molecule has 1 saturated heterocycles. The van der Waals surface area contributed by atoms with E-state index in [1.165, 1.54) is 16.7 Å². The molecule has 148 valence electrons. The molecule has 0 spiro atoms. The van der Waals surface area contributed by atoms with Gasteiger partial charge in [0.2, 0.25) is 5.91 Å². The SMILES string of the molecule is O=C(CC(c1ccccc1)c1ccccc1)N1CCC(Cc2ccccc2)CC1. The van der Waals surface area contributed by atoms with Crippen molar-refractivity contribution in [2.75, 3.05) is 13.1 Å². The molecule has 3 aromatic carbocycles. The number of carbonyl (C=O) groups excluding carboxylic acids is 1. The Morgan fingerprint density at radius 1 is 0.759 bits per heavy atom. The van der Waals surface area contributed by atoms with Crippen molar-refractivity contribution in [2.24, 2.45) is 5.92 Å². The van der Waals surface area contributed by atoms with E-state index in [0.717, 1.165) is 32.4 Å². The highest BCUT2D eigenvalue weighted by Gasteiger charge is 2.26. The molecule has 0 radical (unpaired) electrons. The first-order chi connectivity index (χ1) is 14.3.